The third-order valence-corrected chi connectivity index (χ3v) is 3.87. The van der Waals surface area contributed by atoms with Crippen LogP contribution >= 0.6 is 23.7 Å². The highest BCUT2D eigenvalue weighted by atomic mass is 35.5. The van der Waals surface area contributed by atoms with Crippen LogP contribution in [-0.4, -0.2) is 19.1 Å². The molecule has 3 N–H and O–H groups in total. The molecule has 20 heavy (non-hydrogen) atoms. The lowest BCUT2D eigenvalue weighted by molar-refractivity contribution is 1.11. The van der Waals surface area contributed by atoms with Crippen molar-refractivity contribution in [3.8, 4) is 0 Å². The standard InChI is InChI=1S/C14H20N4S.ClH/c1-9-5-11(18(3)4)6-10(2)13(9)16-7-12-8-17-14(15)19-12;/h5-6,8,16H,7H2,1-4H3,(H2,15,17);1H. The van der Waals surface area contributed by atoms with Crippen molar-refractivity contribution in [2.75, 3.05) is 30.0 Å². The molecule has 0 spiro atoms. The highest BCUT2D eigenvalue weighted by Crippen LogP contribution is 2.27. The summed E-state index contributed by atoms with van der Waals surface area (Å²) in [5, 5.41) is 4.09. The third-order valence-electron chi connectivity index (χ3n) is 3.04. The van der Waals surface area contributed by atoms with Gasteiger partial charge in [0, 0.05) is 36.5 Å². The van der Waals surface area contributed by atoms with E-state index in [0.717, 1.165) is 11.4 Å². The van der Waals surface area contributed by atoms with E-state index in [4.69, 9.17) is 5.73 Å². The molecule has 0 saturated carbocycles. The van der Waals surface area contributed by atoms with Gasteiger partial charge in [0.25, 0.3) is 0 Å². The second-order valence-electron chi connectivity index (χ2n) is 4.87. The quantitative estimate of drug-likeness (QED) is 0.908. The normalized spacial score (nSPS) is 10.0. The highest BCUT2D eigenvalue weighted by molar-refractivity contribution is 7.15. The lowest BCUT2D eigenvalue weighted by atomic mass is 10.1. The molecule has 2 aromatic rings. The summed E-state index contributed by atoms with van der Waals surface area (Å²) in [5.41, 5.74) is 10.6. The van der Waals surface area contributed by atoms with Crippen LogP contribution in [0.3, 0.4) is 0 Å². The number of nitrogens with two attached hydrogens (primary N) is 1. The molecule has 0 radical (unpaired) electrons. The van der Waals surface area contributed by atoms with Crippen molar-refractivity contribution in [3.63, 3.8) is 0 Å². The molecule has 1 aromatic carbocycles. The summed E-state index contributed by atoms with van der Waals surface area (Å²) in [6.45, 7) is 5.02. The minimum Gasteiger partial charge on any atom is -0.380 e. The summed E-state index contributed by atoms with van der Waals surface area (Å²) in [6, 6.07) is 4.38. The minimum absolute atomic E-state index is 0. The van der Waals surface area contributed by atoms with Crippen molar-refractivity contribution in [1.82, 2.24) is 4.98 Å². The van der Waals surface area contributed by atoms with Crippen molar-refractivity contribution < 1.29 is 0 Å². The predicted octanol–water partition coefficient (Wildman–Crippen LogP) is 3.44. The number of nitrogens with zero attached hydrogens (tertiary/aromatic N) is 2. The number of halogens is 1. The molecular formula is C14H21ClN4S. The smallest absolute Gasteiger partial charge is 0.180 e. The van der Waals surface area contributed by atoms with Crippen LogP contribution in [0.1, 0.15) is 16.0 Å². The molecule has 0 atom stereocenters. The predicted molar refractivity (Wildman–Crippen MR) is 91.3 cm³/mol. The molecular weight excluding hydrogens is 292 g/mol. The molecule has 4 nitrogen and oxygen atoms in total. The first kappa shape index (κ1) is 16.6. The number of rotatable bonds is 4. The molecule has 0 saturated heterocycles. The zero-order chi connectivity index (χ0) is 14.0. The largest absolute Gasteiger partial charge is 0.380 e. The van der Waals surface area contributed by atoms with Crippen LogP contribution in [0.4, 0.5) is 16.5 Å². The molecule has 0 unspecified atom stereocenters. The van der Waals surface area contributed by atoms with Crippen molar-refractivity contribution in [3.05, 3.63) is 34.3 Å². The van der Waals surface area contributed by atoms with Gasteiger partial charge in [-0.25, -0.2) is 4.98 Å². The van der Waals surface area contributed by atoms with Crippen molar-refractivity contribution in [2.45, 2.75) is 20.4 Å². The van der Waals surface area contributed by atoms with Gasteiger partial charge in [-0.15, -0.1) is 23.7 Å². The first-order chi connectivity index (χ1) is 8.97. The van der Waals surface area contributed by atoms with E-state index >= 15 is 0 Å². The number of benzene rings is 1. The van der Waals surface area contributed by atoms with Gasteiger partial charge in [-0.2, -0.15) is 0 Å². The van der Waals surface area contributed by atoms with Crippen LogP contribution in [-0.2, 0) is 6.54 Å². The zero-order valence-corrected chi connectivity index (χ0v) is 13.9. The second-order valence-corrected chi connectivity index (χ2v) is 6.01. The second kappa shape index (κ2) is 6.81. The van der Waals surface area contributed by atoms with Crippen molar-refractivity contribution in [2.24, 2.45) is 0 Å². The molecule has 2 rings (SSSR count). The van der Waals surface area contributed by atoms with Gasteiger partial charge in [0.2, 0.25) is 0 Å². The van der Waals surface area contributed by atoms with Gasteiger partial charge in [0.05, 0.1) is 6.54 Å². The number of aromatic nitrogens is 1. The molecule has 0 aliphatic heterocycles. The third kappa shape index (κ3) is 3.77. The average Bonchev–Trinajstić information content (AvgIpc) is 2.73. The van der Waals surface area contributed by atoms with E-state index in [-0.39, 0.29) is 12.4 Å². The monoisotopic (exact) mass is 312 g/mol. The van der Waals surface area contributed by atoms with Gasteiger partial charge in [-0.3, -0.25) is 0 Å². The van der Waals surface area contributed by atoms with Crippen LogP contribution < -0.4 is 16.0 Å². The van der Waals surface area contributed by atoms with E-state index < -0.39 is 0 Å². The summed E-state index contributed by atoms with van der Waals surface area (Å²) in [6.07, 6.45) is 1.83. The van der Waals surface area contributed by atoms with E-state index in [1.807, 2.05) is 6.20 Å². The Bertz CT molecular complexity index is 557. The summed E-state index contributed by atoms with van der Waals surface area (Å²) < 4.78 is 0. The van der Waals surface area contributed by atoms with Gasteiger partial charge < -0.3 is 16.0 Å². The van der Waals surface area contributed by atoms with Gasteiger partial charge in [0.1, 0.15) is 0 Å². The Hall–Kier alpha value is -1.46. The minimum atomic E-state index is 0. The summed E-state index contributed by atoms with van der Waals surface area (Å²) in [5.74, 6) is 0. The van der Waals surface area contributed by atoms with Crippen LogP contribution in [0.15, 0.2) is 18.3 Å². The molecule has 110 valence electrons. The molecule has 0 aliphatic carbocycles. The highest BCUT2D eigenvalue weighted by Gasteiger charge is 2.07. The molecule has 0 bridgehead atoms. The Labute approximate surface area is 130 Å². The first-order valence-corrected chi connectivity index (χ1v) is 7.01. The number of anilines is 3. The van der Waals surface area contributed by atoms with E-state index in [1.165, 1.54) is 33.8 Å². The van der Waals surface area contributed by atoms with E-state index in [0.29, 0.717) is 5.13 Å². The van der Waals surface area contributed by atoms with Crippen LogP contribution in [0.25, 0.3) is 0 Å². The Morgan fingerprint density at radius 2 is 1.85 bits per heavy atom. The lowest BCUT2D eigenvalue weighted by Gasteiger charge is -2.18. The van der Waals surface area contributed by atoms with Crippen molar-refractivity contribution >= 4 is 40.3 Å². The SMILES string of the molecule is Cc1cc(N(C)C)cc(C)c1NCc1cnc(N)s1.Cl. The maximum atomic E-state index is 5.63. The maximum absolute atomic E-state index is 5.63. The van der Waals surface area contributed by atoms with Gasteiger partial charge in [-0.05, 0) is 37.1 Å². The van der Waals surface area contributed by atoms with E-state index in [2.05, 4.69) is 55.3 Å². The van der Waals surface area contributed by atoms with Crippen LogP contribution in [0.5, 0.6) is 0 Å². The summed E-state index contributed by atoms with van der Waals surface area (Å²) in [7, 11) is 4.11. The van der Waals surface area contributed by atoms with E-state index in [1.54, 1.807) is 0 Å². The molecule has 6 heteroatoms. The lowest BCUT2D eigenvalue weighted by Crippen LogP contribution is -2.10. The number of aryl methyl sites for hydroxylation is 2. The fourth-order valence-electron chi connectivity index (χ4n) is 2.06. The Kier molecular flexibility index (Phi) is 5.65. The fraction of sp³-hybridized carbons (Fsp3) is 0.357. The number of thiazole rings is 1. The van der Waals surface area contributed by atoms with Gasteiger partial charge in [-0.1, -0.05) is 0 Å². The fourth-order valence-corrected chi connectivity index (χ4v) is 2.68. The number of hydrogen-bond donors (Lipinski definition) is 2. The summed E-state index contributed by atoms with van der Waals surface area (Å²) in [4.78, 5) is 7.33. The number of nitrogens with one attached hydrogen (secondary N) is 1. The van der Waals surface area contributed by atoms with E-state index in [9.17, 15) is 0 Å². The van der Waals surface area contributed by atoms with Crippen LogP contribution in [0, 0.1) is 13.8 Å². The Balaban J connectivity index is 0.00000200. The van der Waals surface area contributed by atoms with Gasteiger partial charge >= 0.3 is 0 Å². The molecule has 0 aliphatic rings. The Morgan fingerprint density at radius 3 is 2.30 bits per heavy atom. The number of nitrogen functional groups attached to an aromatic ring is 1. The molecule has 1 heterocycles. The zero-order valence-electron chi connectivity index (χ0n) is 12.2. The molecule has 1 aromatic heterocycles. The first-order valence-electron chi connectivity index (χ1n) is 6.20. The molecule has 0 fully saturated rings. The summed E-state index contributed by atoms with van der Waals surface area (Å²) >= 11 is 1.52. The van der Waals surface area contributed by atoms with Crippen LogP contribution in [0.2, 0.25) is 0 Å². The van der Waals surface area contributed by atoms with Crippen molar-refractivity contribution in [1.29, 1.82) is 0 Å². The van der Waals surface area contributed by atoms with Gasteiger partial charge in [0.15, 0.2) is 5.13 Å². The average molecular weight is 313 g/mol. The molecule has 0 amide bonds. The topological polar surface area (TPSA) is 54.2 Å². The number of hydrogen-bond acceptors (Lipinski definition) is 5. The maximum Gasteiger partial charge on any atom is 0.180 e. The Morgan fingerprint density at radius 1 is 1.25 bits per heavy atom.